The van der Waals surface area contributed by atoms with E-state index in [1.165, 1.54) is 6.07 Å². The van der Waals surface area contributed by atoms with Crippen molar-refractivity contribution in [1.29, 1.82) is 0 Å². The van der Waals surface area contributed by atoms with Crippen LogP contribution in [0.2, 0.25) is 5.02 Å². The van der Waals surface area contributed by atoms with E-state index in [2.05, 4.69) is 20.2 Å². The number of nitrogens with one attached hydrogen (secondary N) is 1. The lowest BCUT2D eigenvalue weighted by atomic mass is 10.1. The van der Waals surface area contributed by atoms with Gasteiger partial charge in [-0.2, -0.15) is 15.1 Å². The van der Waals surface area contributed by atoms with Gasteiger partial charge in [0.05, 0.1) is 16.5 Å². The first-order chi connectivity index (χ1) is 15.5. The summed E-state index contributed by atoms with van der Waals surface area (Å²) in [7, 11) is 0. The van der Waals surface area contributed by atoms with Crippen molar-refractivity contribution >= 4 is 28.5 Å². The van der Waals surface area contributed by atoms with E-state index in [1.807, 2.05) is 23.1 Å². The lowest BCUT2D eigenvalue weighted by Gasteiger charge is -2.31. The molecule has 7 nitrogen and oxygen atoms in total. The molecular weight excluding hydrogens is 440 g/mol. The van der Waals surface area contributed by atoms with Gasteiger partial charge in [0.25, 0.3) is 0 Å². The molecule has 0 radical (unpaired) electrons. The van der Waals surface area contributed by atoms with Gasteiger partial charge in [0.1, 0.15) is 17.3 Å². The van der Waals surface area contributed by atoms with E-state index < -0.39 is 17.7 Å². The molecule has 4 aromatic rings. The Morgan fingerprint density at radius 1 is 1.16 bits per heavy atom. The summed E-state index contributed by atoms with van der Waals surface area (Å²) in [5, 5.41) is 18.6. The maximum atomic E-state index is 14.1. The third kappa shape index (κ3) is 3.85. The number of nitrogens with zero attached hydrogens (tertiary/aromatic N) is 4. The maximum Gasteiger partial charge on any atom is 0.326 e. The summed E-state index contributed by atoms with van der Waals surface area (Å²) < 4.78 is 32.9. The molecule has 1 aliphatic rings. The van der Waals surface area contributed by atoms with Crippen LogP contribution < -0.4 is 9.64 Å². The third-order valence-electron chi connectivity index (χ3n) is 5.30. The zero-order chi connectivity index (χ0) is 22.2. The van der Waals surface area contributed by atoms with Gasteiger partial charge in [-0.25, -0.2) is 8.78 Å². The van der Waals surface area contributed by atoms with E-state index in [9.17, 15) is 13.9 Å². The highest BCUT2D eigenvalue weighted by atomic mass is 35.5. The molecule has 0 spiro atoms. The van der Waals surface area contributed by atoms with Crippen LogP contribution >= 0.6 is 11.6 Å². The standard InChI is InChI=1S/C22H18ClF2N5O2/c23-15-6-2-1-5-14(15)19-18-20(29-28-19)26-22(32-17-8-7-12(24)10-16(17)25)27-21(18)30-9-3-4-13(31)11-30/h1-2,5-8,10,13,31H,3-4,9,11H2,(H,26,27,28,29). The topological polar surface area (TPSA) is 87.2 Å². The van der Waals surface area contributed by atoms with Crippen LogP contribution in [0.3, 0.4) is 0 Å². The Kier molecular flexibility index (Phi) is 5.36. The molecule has 0 bridgehead atoms. The molecule has 0 amide bonds. The Bertz CT molecular complexity index is 1300. The highest BCUT2D eigenvalue weighted by Gasteiger charge is 2.26. The van der Waals surface area contributed by atoms with Gasteiger partial charge in [-0.1, -0.05) is 29.8 Å². The highest BCUT2D eigenvalue weighted by Crippen LogP contribution is 2.38. The van der Waals surface area contributed by atoms with Crippen molar-refractivity contribution < 1.29 is 18.6 Å². The predicted molar refractivity (Wildman–Crippen MR) is 116 cm³/mol. The number of β-amino-alcohol motifs (C(OH)–C–C–N with tert-alkyl or cyclic N) is 1. The number of hydrogen-bond donors (Lipinski definition) is 2. The van der Waals surface area contributed by atoms with Crippen molar-refractivity contribution in [3.63, 3.8) is 0 Å². The summed E-state index contributed by atoms with van der Waals surface area (Å²) in [5.41, 5.74) is 1.61. The van der Waals surface area contributed by atoms with E-state index >= 15 is 0 Å². The van der Waals surface area contributed by atoms with E-state index in [0.717, 1.165) is 18.6 Å². The number of H-pyrrole nitrogens is 1. The smallest absolute Gasteiger partial charge is 0.326 e. The molecule has 3 heterocycles. The van der Waals surface area contributed by atoms with Crippen molar-refractivity contribution in [2.24, 2.45) is 0 Å². The molecule has 1 saturated heterocycles. The number of aromatic amines is 1. The number of ether oxygens (including phenoxy) is 1. The SMILES string of the molecule is OC1CCCN(c2nc(Oc3ccc(F)cc3F)nc3[nH]nc(-c4ccccc4Cl)c23)C1. The van der Waals surface area contributed by atoms with Gasteiger partial charge in [-0.05, 0) is 31.0 Å². The summed E-state index contributed by atoms with van der Waals surface area (Å²) in [4.78, 5) is 10.8. The molecule has 1 aliphatic heterocycles. The van der Waals surface area contributed by atoms with Crippen molar-refractivity contribution in [2.75, 3.05) is 18.0 Å². The fourth-order valence-electron chi connectivity index (χ4n) is 3.82. The summed E-state index contributed by atoms with van der Waals surface area (Å²) in [6.07, 6.45) is 0.954. The molecule has 2 N–H and O–H groups in total. The quantitative estimate of drug-likeness (QED) is 0.461. The van der Waals surface area contributed by atoms with E-state index in [1.54, 1.807) is 6.07 Å². The molecular formula is C22H18ClF2N5O2. The Hall–Kier alpha value is -3.30. The maximum absolute atomic E-state index is 14.1. The Morgan fingerprint density at radius 3 is 2.78 bits per heavy atom. The van der Waals surface area contributed by atoms with Crippen LogP contribution in [-0.2, 0) is 0 Å². The van der Waals surface area contributed by atoms with Crippen LogP contribution in [0, 0.1) is 11.6 Å². The van der Waals surface area contributed by atoms with Crippen LogP contribution in [0.5, 0.6) is 11.8 Å². The average molecular weight is 458 g/mol. The molecule has 0 saturated carbocycles. The van der Waals surface area contributed by atoms with Crippen molar-refractivity contribution in [1.82, 2.24) is 20.2 Å². The number of anilines is 1. The van der Waals surface area contributed by atoms with E-state index in [-0.39, 0.29) is 11.8 Å². The van der Waals surface area contributed by atoms with Gasteiger partial charge in [-0.15, -0.1) is 0 Å². The summed E-state index contributed by atoms with van der Waals surface area (Å²) in [6, 6.07) is 10.1. The molecule has 10 heteroatoms. The van der Waals surface area contributed by atoms with Gasteiger partial charge in [0.15, 0.2) is 17.2 Å². The van der Waals surface area contributed by atoms with Gasteiger partial charge in [0, 0.05) is 24.7 Å². The molecule has 0 aliphatic carbocycles. The zero-order valence-electron chi connectivity index (χ0n) is 16.7. The fourth-order valence-corrected chi connectivity index (χ4v) is 4.04. The highest BCUT2D eigenvalue weighted by molar-refractivity contribution is 6.33. The van der Waals surface area contributed by atoms with Crippen LogP contribution in [-0.4, -0.2) is 44.5 Å². The zero-order valence-corrected chi connectivity index (χ0v) is 17.5. The Balaban J connectivity index is 1.66. The third-order valence-corrected chi connectivity index (χ3v) is 5.63. The minimum Gasteiger partial charge on any atom is -0.421 e. The monoisotopic (exact) mass is 457 g/mol. The molecule has 164 valence electrons. The summed E-state index contributed by atoms with van der Waals surface area (Å²) in [5.74, 6) is -1.31. The normalized spacial score (nSPS) is 16.5. The number of aromatic nitrogens is 4. The Labute approximate surface area is 186 Å². The minimum atomic E-state index is -0.870. The number of hydrogen-bond acceptors (Lipinski definition) is 6. The summed E-state index contributed by atoms with van der Waals surface area (Å²) >= 11 is 6.40. The molecule has 1 fully saturated rings. The number of piperidine rings is 1. The summed E-state index contributed by atoms with van der Waals surface area (Å²) in [6.45, 7) is 1.02. The minimum absolute atomic E-state index is 0.132. The number of aliphatic hydroxyl groups excluding tert-OH is 1. The first kappa shape index (κ1) is 20.6. The predicted octanol–water partition coefficient (Wildman–Crippen LogP) is 4.70. The number of halogens is 3. The number of fused-ring (bicyclic) bond motifs is 1. The van der Waals surface area contributed by atoms with Crippen LogP contribution in [0.1, 0.15) is 12.8 Å². The lowest BCUT2D eigenvalue weighted by Crippen LogP contribution is -2.38. The van der Waals surface area contributed by atoms with Crippen molar-refractivity contribution in [3.05, 3.63) is 59.1 Å². The van der Waals surface area contributed by atoms with Crippen molar-refractivity contribution in [3.8, 4) is 23.0 Å². The second-order valence-electron chi connectivity index (χ2n) is 7.52. The first-order valence-corrected chi connectivity index (χ1v) is 10.4. The van der Waals surface area contributed by atoms with Gasteiger partial charge in [0.2, 0.25) is 0 Å². The second-order valence-corrected chi connectivity index (χ2v) is 7.93. The van der Waals surface area contributed by atoms with Gasteiger partial charge >= 0.3 is 6.01 Å². The largest absolute Gasteiger partial charge is 0.421 e. The lowest BCUT2D eigenvalue weighted by molar-refractivity contribution is 0.154. The van der Waals surface area contributed by atoms with E-state index in [4.69, 9.17) is 16.3 Å². The Morgan fingerprint density at radius 2 is 2.00 bits per heavy atom. The number of aliphatic hydroxyl groups is 1. The molecule has 1 unspecified atom stereocenters. The molecule has 2 aromatic carbocycles. The van der Waals surface area contributed by atoms with Crippen LogP contribution in [0.4, 0.5) is 14.6 Å². The van der Waals surface area contributed by atoms with E-state index in [0.29, 0.717) is 52.6 Å². The van der Waals surface area contributed by atoms with Crippen LogP contribution in [0.15, 0.2) is 42.5 Å². The average Bonchev–Trinajstić information content (AvgIpc) is 3.19. The molecule has 2 aromatic heterocycles. The first-order valence-electron chi connectivity index (χ1n) is 10.1. The van der Waals surface area contributed by atoms with Gasteiger partial charge in [-0.3, -0.25) is 5.10 Å². The second kappa shape index (κ2) is 8.33. The van der Waals surface area contributed by atoms with Gasteiger partial charge < -0.3 is 14.7 Å². The molecule has 5 rings (SSSR count). The van der Waals surface area contributed by atoms with Crippen molar-refractivity contribution in [2.45, 2.75) is 18.9 Å². The molecule has 32 heavy (non-hydrogen) atoms. The fraction of sp³-hybridized carbons (Fsp3) is 0.227. The molecule has 1 atom stereocenters. The number of rotatable bonds is 4. The van der Waals surface area contributed by atoms with Crippen LogP contribution in [0.25, 0.3) is 22.3 Å². The number of benzene rings is 2.